The zero-order chi connectivity index (χ0) is 14.4. The molecule has 4 heteroatoms. The van der Waals surface area contributed by atoms with Crippen LogP contribution in [0.2, 0.25) is 0 Å². The maximum absolute atomic E-state index is 11.5. The molecule has 110 valence electrons. The lowest BCUT2D eigenvalue weighted by molar-refractivity contribution is -0.120. The van der Waals surface area contributed by atoms with Gasteiger partial charge in [0, 0.05) is 25.6 Å². The largest absolute Gasteiger partial charge is 0.497 e. The van der Waals surface area contributed by atoms with Gasteiger partial charge in [0.15, 0.2) is 0 Å². The van der Waals surface area contributed by atoms with Crippen LogP contribution >= 0.6 is 0 Å². The number of aryl methyl sites for hydroxylation is 1. The Labute approximate surface area is 120 Å². The van der Waals surface area contributed by atoms with Crippen molar-refractivity contribution in [1.82, 2.24) is 10.6 Å². The molecule has 1 aromatic carbocycles. The third-order valence-electron chi connectivity index (χ3n) is 3.78. The first-order chi connectivity index (χ1) is 9.74. The number of benzene rings is 1. The number of rotatable bonds is 6. The van der Waals surface area contributed by atoms with Crippen LogP contribution in [0.3, 0.4) is 0 Å². The molecule has 1 aliphatic rings. The normalized spacial score (nSPS) is 17.4. The van der Waals surface area contributed by atoms with Crippen LogP contribution < -0.4 is 15.4 Å². The molecule has 0 heterocycles. The van der Waals surface area contributed by atoms with Gasteiger partial charge in [0.25, 0.3) is 0 Å². The molecule has 0 fully saturated rings. The van der Waals surface area contributed by atoms with E-state index in [1.165, 1.54) is 17.5 Å². The highest BCUT2D eigenvalue weighted by molar-refractivity contribution is 5.75. The van der Waals surface area contributed by atoms with Crippen molar-refractivity contribution in [2.75, 3.05) is 20.2 Å². The molecule has 1 aliphatic carbocycles. The van der Waals surface area contributed by atoms with Crippen LogP contribution in [-0.4, -0.2) is 26.1 Å². The molecular formula is C16H24N2O2. The molecule has 1 unspecified atom stereocenters. The van der Waals surface area contributed by atoms with E-state index in [9.17, 15) is 4.79 Å². The molecule has 4 nitrogen and oxygen atoms in total. The molecule has 1 atom stereocenters. The van der Waals surface area contributed by atoms with Crippen LogP contribution in [0.15, 0.2) is 18.2 Å². The van der Waals surface area contributed by atoms with Crippen molar-refractivity contribution in [2.24, 2.45) is 0 Å². The minimum atomic E-state index is 0.113. The number of ether oxygens (including phenoxy) is 1. The smallest absolute Gasteiger partial charge is 0.221 e. The molecule has 20 heavy (non-hydrogen) atoms. The van der Waals surface area contributed by atoms with E-state index in [2.05, 4.69) is 22.8 Å². The monoisotopic (exact) mass is 276 g/mol. The zero-order valence-corrected chi connectivity index (χ0v) is 12.4. The highest BCUT2D eigenvalue weighted by Gasteiger charge is 2.20. The first kappa shape index (κ1) is 14.9. The number of amides is 1. The van der Waals surface area contributed by atoms with E-state index in [-0.39, 0.29) is 5.91 Å². The van der Waals surface area contributed by atoms with E-state index < -0.39 is 0 Å². The van der Waals surface area contributed by atoms with E-state index in [0.717, 1.165) is 18.6 Å². The Morgan fingerprint density at radius 3 is 3.05 bits per heavy atom. The fraction of sp³-hybridized carbons (Fsp3) is 0.562. The lowest BCUT2D eigenvalue weighted by atomic mass is 9.87. The van der Waals surface area contributed by atoms with Gasteiger partial charge in [0.05, 0.1) is 7.11 Å². The Morgan fingerprint density at radius 2 is 2.30 bits per heavy atom. The summed E-state index contributed by atoms with van der Waals surface area (Å²) in [7, 11) is 1.70. The van der Waals surface area contributed by atoms with Crippen LogP contribution in [0, 0.1) is 0 Å². The van der Waals surface area contributed by atoms with Crippen LogP contribution in [0.1, 0.15) is 43.4 Å². The molecule has 0 aliphatic heterocycles. The molecule has 2 N–H and O–H groups in total. The van der Waals surface area contributed by atoms with Crippen molar-refractivity contribution in [3.8, 4) is 5.75 Å². The van der Waals surface area contributed by atoms with Crippen LogP contribution in [0.4, 0.5) is 0 Å². The molecular weight excluding hydrogens is 252 g/mol. The predicted octanol–water partition coefficient (Wildman–Crippen LogP) is 2.19. The third-order valence-corrected chi connectivity index (χ3v) is 3.78. The van der Waals surface area contributed by atoms with Gasteiger partial charge in [-0.2, -0.15) is 0 Å². The number of methoxy groups -OCH3 is 1. The van der Waals surface area contributed by atoms with Crippen molar-refractivity contribution >= 4 is 5.91 Å². The van der Waals surface area contributed by atoms with E-state index in [4.69, 9.17) is 4.74 Å². The summed E-state index contributed by atoms with van der Waals surface area (Å²) in [4.78, 5) is 11.5. The molecule has 0 spiro atoms. The molecule has 1 aromatic rings. The average Bonchev–Trinajstić information content (AvgIpc) is 2.47. The Kier molecular flexibility index (Phi) is 5.41. The minimum absolute atomic E-state index is 0.113. The average molecular weight is 276 g/mol. The zero-order valence-electron chi connectivity index (χ0n) is 12.4. The van der Waals surface area contributed by atoms with Crippen LogP contribution in [0.25, 0.3) is 0 Å². The molecule has 2 rings (SSSR count). The van der Waals surface area contributed by atoms with E-state index in [1.807, 2.05) is 13.0 Å². The highest BCUT2D eigenvalue weighted by atomic mass is 16.5. The van der Waals surface area contributed by atoms with Gasteiger partial charge in [-0.1, -0.05) is 6.07 Å². The van der Waals surface area contributed by atoms with Gasteiger partial charge in [0.1, 0.15) is 5.75 Å². The molecule has 0 radical (unpaired) electrons. The highest BCUT2D eigenvalue weighted by Crippen LogP contribution is 2.32. The quantitative estimate of drug-likeness (QED) is 0.837. The summed E-state index contributed by atoms with van der Waals surface area (Å²) in [6.45, 7) is 3.35. The van der Waals surface area contributed by atoms with Gasteiger partial charge >= 0.3 is 0 Å². The van der Waals surface area contributed by atoms with Gasteiger partial charge in [-0.25, -0.2) is 0 Å². The van der Waals surface area contributed by atoms with Gasteiger partial charge in [-0.3, -0.25) is 4.79 Å². The summed E-state index contributed by atoms with van der Waals surface area (Å²) in [6, 6.07) is 6.64. The SMILES string of the molecule is CCNC(=O)CCNC1CCCc2ccc(OC)cc21. The number of fused-ring (bicyclic) bond motifs is 1. The molecule has 0 aromatic heterocycles. The van der Waals surface area contributed by atoms with E-state index in [0.29, 0.717) is 25.6 Å². The molecule has 0 saturated carbocycles. The van der Waals surface area contributed by atoms with Crippen LogP contribution in [0.5, 0.6) is 5.75 Å². The van der Waals surface area contributed by atoms with Crippen molar-refractivity contribution in [3.63, 3.8) is 0 Å². The second kappa shape index (κ2) is 7.29. The van der Waals surface area contributed by atoms with E-state index >= 15 is 0 Å². The van der Waals surface area contributed by atoms with E-state index in [1.54, 1.807) is 7.11 Å². The Bertz CT molecular complexity index is 460. The van der Waals surface area contributed by atoms with Crippen LogP contribution in [-0.2, 0) is 11.2 Å². The lowest BCUT2D eigenvalue weighted by Crippen LogP contribution is -2.30. The minimum Gasteiger partial charge on any atom is -0.497 e. The first-order valence-corrected chi connectivity index (χ1v) is 7.41. The predicted molar refractivity (Wildman–Crippen MR) is 80.0 cm³/mol. The number of carbonyl (C=O) groups excluding carboxylic acids is 1. The number of hydrogen-bond donors (Lipinski definition) is 2. The summed E-state index contributed by atoms with van der Waals surface area (Å²) in [5, 5.41) is 6.32. The van der Waals surface area contributed by atoms with Crippen molar-refractivity contribution in [3.05, 3.63) is 29.3 Å². The molecule has 0 bridgehead atoms. The summed E-state index contributed by atoms with van der Waals surface area (Å²) < 4.78 is 5.31. The summed E-state index contributed by atoms with van der Waals surface area (Å²) in [5.41, 5.74) is 2.72. The topological polar surface area (TPSA) is 50.4 Å². The van der Waals surface area contributed by atoms with Gasteiger partial charge in [-0.15, -0.1) is 0 Å². The first-order valence-electron chi connectivity index (χ1n) is 7.41. The number of nitrogens with one attached hydrogen (secondary N) is 2. The lowest BCUT2D eigenvalue weighted by Gasteiger charge is -2.27. The van der Waals surface area contributed by atoms with Gasteiger partial charge < -0.3 is 15.4 Å². The Hall–Kier alpha value is -1.55. The number of hydrogen-bond acceptors (Lipinski definition) is 3. The number of carbonyl (C=O) groups is 1. The van der Waals surface area contributed by atoms with Crippen molar-refractivity contribution in [2.45, 2.75) is 38.6 Å². The van der Waals surface area contributed by atoms with Gasteiger partial charge in [0.2, 0.25) is 5.91 Å². The summed E-state index contributed by atoms with van der Waals surface area (Å²) in [6.07, 6.45) is 3.98. The fourth-order valence-electron chi connectivity index (χ4n) is 2.76. The third kappa shape index (κ3) is 3.73. The second-order valence-corrected chi connectivity index (χ2v) is 5.17. The summed E-state index contributed by atoms with van der Waals surface area (Å²) in [5.74, 6) is 1.02. The Balaban J connectivity index is 1.95. The maximum Gasteiger partial charge on any atom is 0.221 e. The standard InChI is InChI=1S/C16H24N2O2/c1-3-17-16(19)9-10-18-15-6-4-5-12-7-8-13(20-2)11-14(12)15/h7-8,11,15,18H,3-6,9-10H2,1-2H3,(H,17,19). The Morgan fingerprint density at radius 1 is 1.45 bits per heavy atom. The molecule has 1 amide bonds. The summed E-state index contributed by atoms with van der Waals surface area (Å²) >= 11 is 0. The van der Waals surface area contributed by atoms with Crippen molar-refractivity contribution < 1.29 is 9.53 Å². The maximum atomic E-state index is 11.5. The fourth-order valence-corrected chi connectivity index (χ4v) is 2.76. The second-order valence-electron chi connectivity index (χ2n) is 5.17. The van der Waals surface area contributed by atoms with Crippen molar-refractivity contribution in [1.29, 1.82) is 0 Å². The van der Waals surface area contributed by atoms with Gasteiger partial charge in [-0.05, 0) is 49.4 Å². The molecule has 0 saturated heterocycles.